The van der Waals surface area contributed by atoms with Crippen LogP contribution in [0.4, 0.5) is 0 Å². The molecule has 334 valence electrons. The second-order valence-electron chi connectivity index (χ2n) is 15.3. The first-order valence-electron chi connectivity index (χ1n) is 21.5. The highest BCUT2D eigenvalue weighted by Crippen LogP contribution is 2.40. The molecule has 0 aliphatic carbocycles. The van der Waals surface area contributed by atoms with Gasteiger partial charge in [-0.15, -0.1) is 32.9 Å². The number of thiophene rings is 2. The number of aryl methyl sites for hydroxylation is 3. The van der Waals surface area contributed by atoms with Crippen LogP contribution < -0.4 is 10.6 Å². The van der Waals surface area contributed by atoms with Crippen LogP contribution >= 0.6 is 34.3 Å². The van der Waals surface area contributed by atoms with E-state index in [1.807, 2.05) is 54.0 Å². The minimum absolute atomic E-state index is 0.106. The quantitative estimate of drug-likeness (QED) is 0.0683. The highest BCUT2D eigenvalue weighted by atomic mass is 35.5. The topological polar surface area (TPSA) is 143 Å². The molecule has 64 heavy (non-hydrogen) atoms. The molecule has 0 saturated carbocycles. The molecule has 2 N–H and O–H groups in total. The van der Waals surface area contributed by atoms with Crippen molar-refractivity contribution in [1.82, 2.24) is 30.0 Å². The molecular formula is C48H52ClN7O6S2. The molecule has 0 fully saturated rings. The molecule has 3 aromatic carbocycles. The summed E-state index contributed by atoms with van der Waals surface area (Å²) in [6, 6.07) is 23.8. The number of halogens is 1. The average molecular weight is 923 g/mol. The Bertz CT molecular complexity index is 2760. The lowest BCUT2D eigenvalue weighted by atomic mass is 9.99. The van der Waals surface area contributed by atoms with E-state index < -0.39 is 6.04 Å². The lowest BCUT2D eigenvalue weighted by Gasteiger charge is -2.13. The first kappa shape index (κ1) is 45.3. The summed E-state index contributed by atoms with van der Waals surface area (Å²) in [5.41, 5.74) is 8.00. The fraction of sp³-hybridized carbons (Fsp3) is 0.354. The summed E-state index contributed by atoms with van der Waals surface area (Å²) in [7, 11) is 0. The van der Waals surface area contributed by atoms with Gasteiger partial charge in [-0.3, -0.25) is 19.1 Å². The lowest BCUT2D eigenvalue weighted by Crippen LogP contribution is -2.29. The number of amides is 2. The number of benzene rings is 3. The first-order chi connectivity index (χ1) is 31.2. The summed E-state index contributed by atoms with van der Waals surface area (Å²) >= 11 is 9.63. The van der Waals surface area contributed by atoms with Gasteiger partial charge < -0.3 is 34.1 Å². The van der Waals surface area contributed by atoms with Crippen LogP contribution in [0, 0.1) is 20.8 Å². The molecule has 0 spiro atoms. The predicted molar refractivity (Wildman–Crippen MR) is 255 cm³/mol. The summed E-state index contributed by atoms with van der Waals surface area (Å²) in [4.78, 5) is 33.8. The number of rotatable bonds is 21. The van der Waals surface area contributed by atoms with E-state index in [0.29, 0.717) is 82.4 Å². The molecule has 16 heteroatoms. The Balaban J connectivity index is 0.685. The van der Waals surface area contributed by atoms with Crippen LogP contribution in [0.5, 0.6) is 0 Å². The number of nitrogens with one attached hydrogen (secondary N) is 2. The van der Waals surface area contributed by atoms with Gasteiger partial charge in [0.05, 0.1) is 65.0 Å². The van der Waals surface area contributed by atoms with Crippen LogP contribution in [0.15, 0.2) is 83.2 Å². The van der Waals surface area contributed by atoms with Crippen LogP contribution in [-0.2, 0) is 30.3 Å². The Morgan fingerprint density at radius 2 is 1.45 bits per heavy atom. The van der Waals surface area contributed by atoms with Gasteiger partial charge in [0.15, 0.2) is 5.82 Å². The maximum absolute atomic E-state index is 13.2. The smallest absolute Gasteiger partial charge is 0.251 e. The minimum Gasteiger partial charge on any atom is -0.377 e. The third kappa shape index (κ3) is 10.2. The SMILES string of the molecule is CCn1c2ccc(C(=O)NCCOCCOCCOCCOCCNC(=O)C[C@@H]3N=C(c4ccc(Cl)cc4)c4c(sc(C)c4C)-n4c(C)nnc43)cc2c2ccc(-c3cccs3)cc21. The van der Waals surface area contributed by atoms with Crippen molar-refractivity contribution in [2.75, 3.05) is 65.9 Å². The van der Waals surface area contributed by atoms with Crippen molar-refractivity contribution >= 4 is 73.6 Å². The highest BCUT2D eigenvalue weighted by molar-refractivity contribution is 7.15. The van der Waals surface area contributed by atoms with E-state index >= 15 is 0 Å². The van der Waals surface area contributed by atoms with Gasteiger partial charge in [0, 0.05) is 72.9 Å². The Labute approximate surface area is 385 Å². The maximum atomic E-state index is 13.2. The van der Waals surface area contributed by atoms with Crippen molar-refractivity contribution in [1.29, 1.82) is 0 Å². The van der Waals surface area contributed by atoms with Crippen molar-refractivity contribution in [3.05, 3.63) is 122 Å². The molecule has 1 aliphatic rings. The molecule has 0 unspecified atom stereocenters. The number of fused-ring (bicyclic) bond motifs is 6. The van der Waals surface area contributed by atoms with Gasteiger partial charge in [0.1, 0.15) is 16.9 Å². The standard InChI is InChI=1S/C48H52ClN7O6S2/c1-5-55-40-15-11-35(27-38(40)37-14-10-34(28-41(37)55)42-7-6-26-63-42)47(58)51-17-19-60-21-23-62-25-24-61-22-20-59-18-16-50-43(57)29-39-46-54-53-32(4)56(46)48-44(30(2)31(3)64-48)45(52-39)33-8-12-36(49)13-9-33/h6-15,26-28,39H,5,16-25,29H2,1-4H3,(H,50,57)(H,51,58)/t39-/m0/s1. The number of hydrogen-bond donors (Lipinski definition) is 2. The normalized spacial score (nSPS) is 13.5. The van der Waals surface area contributed by atoms with Gasteiger partial charge in [-0.05, 0) is 86.7 Å². The second kappa shape index (κ2) is 21.2. The Morgan fingerprint density at radius 1 is 0.766 bits per heavy atom. The third-order valence-electron chi connectivity index (χ3n) is 11.2. The van der Waals surface area contributed by atoms with E-state index in [4.69, 9.17) is 35.5 Å². The van der Waals surface area contributed by atoms with E-state index in [2.05, 4.69) is 81.9 Å². The van der Waals surface area contributed by atoms with Gasteiger partial charge in [-0.1, -0.05) is 41.9 Å². The number of aliphatic imine (C=N–C) groups is 1. The van der Waals surface area contributed by atoms with Gasteiger partial charge >= 0.3 is 0 Å². The van der Waals surface area contributed by atoms with Crippen molar-refractivity contribution in [3.8, 4) is 15.4 Å². The first-order valence-corrected chi connectivity index (χ1v) is 23.6. The lowest BCUT2D eigenvalue weighted by molar-refractivity contribution is -0.121. The van der Waals surface area contributed by atoms with Crippen LogP contribution in [0.25, 0.3) is 37.2 Å². The number of nitrogens with zero attached hydrogens (tertiary/aromatic N) is 5. The van der Waals surface area contributed by atoms with Crippen LogP contribution in [0.1, 0.15) is 63.0 Å². The molecule has 0 radical (unpaired) electrons. The van der Waals surface area contributed by atoms with E-state index in [1.54, 1.807) is 22.7 Å². The molecule has 0 saturated heterocycles. The van der Waals surface area contributed by atoms with Crippen LogP contribution in [0.3, 0.4) is 0 Å². The summed E-state index contributed by atoms with van der Waals surface area (Å²) in [6.07, 6.45) is 0.106. The molecule has 5 heterocycles. The molecule has 13 nitrogen and oxygen atoms in total. The van der Waals surface area contributed by atoms with Crippen molar-refractivity contribution in [2.24, 2.45) is 4.99 Å². The number of ether oxygens (including phenoxy) is 4. The molecule has 2 amide bonds. The number of carbonyl (C=O) groups excluding carboxylic acids is 2. The minimum atomic E-state index is -0.540. The van der Waals surface area contributed by atoms with Crippen molar-refractivity contribution in [2.45, 2.75) is 46.7 Å². The van der Waals surface area contributed by atoms with Gasteiger partial charge in [-0.2, -0.15) is 0 Å². The Morgan fingerprint density at radius 3 is 2.14 bits per heavy atom. The summed E-state index contributed by atoms with van der Waals surface area (Å²) in [6.45, 7) is 13.0. The number of aromatic nitrogens is 4. The molecule has 1 atom stereocenters. The molecule has 8 rings (SSSR count). The fourth-order valence-corrected chi connectivity index (χ4v) is 9.98. The van der Waals surface area contributed by atoms with E-state index in [0.717, 1.165) is 56.1 Å². The number of carbonyl (C=O) groups is 2. The summed E-state index contributed by atoms with van der Waals surface area (Å²) in [5.74, 6) is 1.09. The summed E-state index contributed by atoms with van der Waals surface area (Å²) in [5, 5.41) is 20.7. The molecule has 7 aromatic rings. The molecule has 4 aromatic heterocycles. The fourth-order valence-electron chi connectivity index (χ4n) is 7.92. The second-order valence-corrected chi connectivity index (χ2v) is 17.9. The van der Waals surface area contributed by atoms with E-state index in [1.165, 1.54) is 20.8 Å². The van der Waals surface area contributed by atoms with Crippen LogP contribution in [-0.4, -0.2) is 103 Å². The Kier molecular flexibility index (Phi) is 15.0. The van der Waals surface area contributed by atoms with Gasteiger partial charge in [0.2, 0.25) is 5.91 Å². The molecule has 1 aliphatic heterocycles. The third-order valence-corrected chi connectivity index (χ3v) is 13.6. The Hall–Kier alpha value is -5.26. The maximum Gasteiger partial charge on any atom is 0.251 e. The largest absolute Gasteiger partial charge is 0.377 e. The highest BCUT2D eigenvalue weighted by Gasteiger charge is 2.32. The molecule has 0 bridgehead atoms. The zero-order valence-electron chi connectivity index (χ0n) is 36.4. The van der Waals surface area contributed by atoms with Crippen molar-refractivity contribution < 1.29 is 28.5 Å². The van der Waals surface area contributed by atoms with Crippen molar-refractivity contribution in [3.63, 3.8) is 0 Å². The predicted octanol–water partition coefficient (Wildman–Crippen LogP) is 8.66. The van der Waals surface area contributed by atoms with E-state index in [9.17, 15) is 9.59 Å². The molecular weight excluding hydrogens is 870 g/mol. The van der Waals surface area contributed by atoms with Gasteiger partial charge in [-0.25, -0.2) is 0 Å². The zero-order chi connectivity index (χ0) is 44.6. The average Bonchev–Trinajstić information content (AvgIpc) is 4.08. The van der Waals surface area contributed by atoms with Gasteiger partial charge in [0.25, 0.3) is 5.91 Å². The van der Waals surface area contributed by atoms with Crippen LogP contribution in [0.2, 0.25) is 5.02 Å². The summed E-state index contributed by atoms with van der Waals surface area (Å²) < 4.78 is 26.9. The zero-order valence-corrected chi connectivity index (χ0v) is 38.8. The monoisotopic (exact) mass is 921 g/mol. The number of hydrogen-bond acceptors (Lipinski definition) is 11. The van der Waals surface area contributed by atoms with E-state index in [-0.39, 0.29) is 18.2 Å².